The van der Waals surface area contributed by atoms with Crippen LogP contribution in [0, 0.1) is 29.5 Å². The van der Waals surface area contributed by atoms with Gasteiger partial charge in [0.1, 0.15) is 5.82 Å². The first-order valence-electron chi connectivity index (χ1n) is 6.98. The summed E-state index contributed by atoms with van der Waals surface area (Å²) >= 11 is 0. The molecular formula is C18H16FNO. The quantitative estimate of drug-likeness (QED) is 0.916. The summed E-state index contributed by atoms with van der Waals surface area (Å²) in [7, 11) is 0. The fourth-order valence-electron chi connectivity index (χ4n) is 3.08. The summed E-state index contributed by atoms with van der Waals surface area (Å²) in [6.07, 6.45) is -0.00264. The second kappa shape index (κ2) is 4.98. The number of aliphatic hydroxyl groups excluding tert-OH is 1. The maximum atomic E-state index is 13.7. The highest BCUT2D eigenvalue weighted by Gasteiger charge is 2.44. The van der Waals surface area contributed by atoms with Crippen molar-refractivity contribution in [1.29, 1.82) is 5.26 Å². The van der Waals surface area contributed by atoms with Crippen molar-refractivity contribution in [3.05, 3.63) is 70.5 Å². The first kappa shape index (κ1) is 13.8. The van der Waals surface area contributed by atoms with E-state index in [-0.39, 0.29) is 5.82 Å². The Morgan fingerprint density at radius 2 is 1.81 bits per heavy atom. The smallest absolute Gasteiger partial charge is 0.126 e. The second-order valence-electron chi connectivity index (χ2n) is 5.80. The van der Waals surface area contributed by atoms with E-state index >= 15 is 0 Å². The maximum absolute atomic E-state index is 13.7. The summed E-state index contributed by atoms with van der Waals surface area (Å²) in [6.45, 7) is 1.68. The molecule has 2 aromatic rings. The lowest BCUT2D eigenvalue weighted by Gasteiger charge is -2.27. The molecule has 0 fully saturated rings. The van der Waals surface area contributed by atoms with Gasteiger partial charge in [0.15, 0.2) is 0 Å². The van der Waals surface area contributed by atoms with Crippen LogP contribution in [0.1, 0.15) is 28.4 Å². The minimum absolute atomic E-state index is 0.352. The topological polar surface area (TPSA) is 44.0 Å². The zero-order valence-electron chi connectivity index (χ0n) is 11.8. The van der Waals surface area contributed by atoms with Crippen molar-refractivity contribution >= 4 is 0 Å². The van der Waals surface area contributed by atoms with E-state index in [2.05, 4.69) is 6.07 Å². The summed E-state index contributed by atoms with van der Waals surface area (Å²) in [4.78, 5) is 0. The number of nitrogens with zero attached hydrogens (tertiary/aromatic N) is 1. The molecule has 1 aliphatic carbocycles. The number of fused-ring (bicyclic) bond motifs is 1. The molecule has 1 N–H and O–H groups in total. The second-order valence-corrected chi connectivity index (χ2v) is 5.80. The summed E-state index contributed by atoms with van der Waals surface area (Å²) in [5, 5.41) is 20.3. The first-order valence-corrected chi connectivity index (χ1v) is 6.98. The highest BCUT2D eigenvalue weighted by atomic mass is 19.1. The third-order valence-electron chi connectivity index (χ3n) is 4.39. The van der Waals surface area contributed by atoms with Crippen LogP contribution in [0.2, 0.25) is 0 Å². The molecular weight excluding hydrogens is 265 g/mol. The Bertz CT molecular complexity index is 707. The average Bonchev–Trinajstić information content (AvgIpc) is 2.89. The summed E-state index contributed by atoms with van der Waals surface area (Å²) in [5.74, 6) is -0.352. The van der Waals surface area contributed by atoms with Crippen LogP contribution < -0.4 is 0 Å². The first-order chi connectivity index (χ1) is 10.1. The molecule has 2 aromatic carbocycles. The van der Waals surface area contributed by atoms with Crippen molar-refractivity contribution in [3.8, 4) is 6.07 Å². The van der Waals surface area contributed by atoms with E-state index in [0.717, 1.165) is 11.1 Å². The van der Waals surface area contributed by atoms with E-state index in [0.29, 0.717) is 24.0 Å². The highest BCUT2D eigenvalue weighted by molar-refractivity contribution is 5.40. The van der Waals surface area contributed by atoms with E-state index in [1.165, 1.54) is 6.07 Å². The SMILES string of the molecule is Cc1ccc(C(O)C2(C#N)Cc3ccccc3C2)cc1F. The number of aliphatic hydroxyl groups is 1. The molecule has 21 heavy (non-hydrogen) atoms. The molecule has 1 aliphatic rings. The molecule has 2 nitrogen and oxygen atoms in total. The Morgan fingerprint density at radius 1 is 1.19 bits per heavy atom. The minimum atomic E-state index is -0.995. The van der Waals surface area contributed by atoms with Crippen molar-refractivity contribution in [2.45, 2.75) is 25.9 Å². The summed E-state index contributed by atoms with van der Waals surface area (Å²) < 4.78 is 13.7. The van der Waals surface area contributed by atoms with Gasteiger partial charge in [-0.05, 0) is 48.1 Å². The zero-order valence-corrected chi connectivity index (χ0v) is 11.8. The molecule has 0 spiro atoms. The maximum Gasteiger partial charge on any atom is 0.126 e. The Hall–Kier alpha value is -2.18. The minimum Gasteiger partial charge on any atom is -0.387 e. The zero-order chi connectivity index (χ0) is 15.0. The molecule has 0 saturated carbocycles. The molecule has 0 bridgehead atoms. The largest absolute Gasteiger partial charge is 0.387 e. The number of halogens is 1. The number of rotatable bonds is 2. The predicted molar refractivity (Wildman–Crippen MR) is 78.0 cm³/mol. The van der Waals surface area contributed by atoms with Crippen molar-refractivity contribution in [2.24, 2.45) is 5.41 Å². The highest BCUT2D eigenvalue weighted by Crippen LogP contribution is 2.45. The van der Waals surface area contributed by atoms with Crippen LogP contribution in [-0.4, -0.2) is 5.11 Å². The summed E-state index contributed by atoms with van der Waals surface area (Å²) in [6, 6.07) is 14.8. The number of aryl methyl sites for hydroxylation is 1. The van der Waals surface area contributed by atoms with Crippen LogP contribution >= 0.6 is 0 Å². The lowest BCUT2D eigenvalue weighted by Crippen LogP contribution is -2.28. The molecule has 1 unspecified atom stereocenters. The van der Waals surface area contributed by atoms with Crippen LogP contribution in [0.15, 0.2) is 42.5 Å². The van der Waals surface area contributed by atoms with Gasteiger partial charge in [0.2, 0.25) is 0 Å². The van der Waals surface area contributed by atoms with E-state index in [1.54, 1.807) is 19.1 Å². The molecule has 3 heteroatoms. The number of benzene rings is 2. The standard InChI is InChI=1S/C18H16FNO/c1-12-6-7-13(8-16(12)19)17(21)18(11-20)9-14-4-2-3-5-15(14)10-18/h2-8,17,21H,9-10H2,1H3. The molecule has 0 amide bonds. The Kier molecular flexibility index (Phi) is 3.27. The molecule has 1 atom stereocenters. The van der Waals surface area contributed by atoms with Gasteiger partial charge in [-0.15, -0.1) is 0 Å². The van der Waals surface area contributed by atoms with Gasteiger partial charge >= 0.3 is 0 Å². The monoisotopic (exact) mass is 281 g/mol. The average molecular weight is 281 g/mol. The van der Waals surface area contributed by atoms with E-state index in [1.807, 2.05) is 24.3 Å². The van der Waals surface area contributed by atoms with Crippen molar-refractivity contribution in [3.63, 3.8) is 0 Å². The fourth-order valence-corrected chi connectivity index (χ4v) is 3.08. The molecule has 0 saturated heterocycles. The van der Waals surface area contributed by atoms with Crippen LogP contribution in [0.4, 0.5) is 4.39 Å². The third kappa shape index (κ3) is 2.22. The lowest BCUT2D eigenvalue weighted by atomic mass is 9.77. The molecule has 0 heterocycles. The van der Waals surface area contributed by atoms with Crippen LogP contribution in [0.5, 0.6) is 0 Å². The molecule has 106 valence electrons. The van der Waals surface area contributed by atoms with Gasteiger partial charge < -0.3 is 5.11 Å². The number of nitriles is 1. The van der Waals surface area contributed by atoms with Crippen LogP contribution in [0.3, 0.4) is 0 Å². The van der Waals surface area contributed by atoms with Crippen molar-refractivity contribution in [2.75, 3.05) is 0 Å². The number of hydrogen-bond donors (Lipinski definition) is 1. The van der Waals surface area contributed by atoms with Gasteiger partial charge in [0.25, 0.3) is 0 Å². The molecule has 3 rings (SSSR count). The van der Waals surface area contributed by atoms with Crippen molar-refractivity contribution < 1.29 is 9.50 Å². The van der Waals surface area contributed by atoms with Crippen LogP contribution in [-0.2, 0) is 12.8 Å². The Balaban J connectivity index is 1.98. The Morgan fingerprint density at radius 3 is 2.33 bits per heavy atom. The summed E-state index contributed by atoms with van der Waals surface area (Å²) in [5.41, 5.74) is 2.27. The molecule has 0 radical (unpaired) electrons. The van der Waals surface area contributed by atoms with Gasteiger partial charge in [0, 0.05) is 0 Å². The number of hydrogen-bond acceptors (Lipinski definition) is 2. The van der Waals surface area contributed by atoms with Gasteiger partial charge in [0.05, 0.1) is 17.6 Å². The van der Waals surface area contributed by atoms with Crippen LogP contribution in [0.25, 0.3) is 0 Å². The van der Waals surface area contributed by atoms with Gasteiger partial charge in [-0.3, -0.25) is 0 Å². The van der Waals surface area contributed by atoms with Crippen molar-refractivity contribution in [1.82, 2.24) is 0 Å². The lowest BCUT2D eigenvalue weighted by molar-refractivity contribution is 0.0690. The third-order valence-corrected chi connectivity index (χ3v) is 4.39. The van der Waals surface area contributed by atoms with E-state index < -0.39 is 11.5 Å². The fraction of sp³-hybridized carbons (Fsp3) is 0.278. The molecule has 0 aliphatic heterocycles. The van der Waals surface area contributed by atoms with E-state index in [4.69, 9.17) is 0 Å². The van der Waals surface area contributed by atoms with E-state index in [9.17, 15) is 14.8 Å². The Labute approximate surface area is 123 Å². The predicted octanol–water partition coefficient (Wildman–Crippen LogP) is 3.48. The van der Waals surface area contributed by atoms with Gasteiger partial charge in [-0.1, -0.05) is 36.4 Å². The van der Waals surface area contributed by atoms with Gasteiger partial charge in [-0.25, -0.2) is 4.39 Å². The molecule has 0 aromatic heterocycles. The normalized spacial score (nSPS) is 17.0. The van der Waals surface area contributed by atoms with Gasteiger partial charge in [-0.2, -0.15) is 5.26 Å².